The maximum Gasteiger partial charge on any atom is 1.00 e. The van der Waals surface area contributed by atoms with E-state index in [1.54, 1.807) is 0 Å². The second kappa shape index (κ2) is 15.4. The van der Waals surface area contributed by atoms with Crippen LogP contribution in [0.15, 0.2) is 0 Å². The van der Waals surface area contributed by atoms with E-state index in [0.717, 1.165) is 13.8 Å². The zero-order valence-electron chi connectivity index (χ0n) is 8.40. The average molecular weight is 229 g/mol. The Hall–Kier alpha value is -1.12. The monoisotopic (exact) mass is 229 g/mol. The Morgan fingerprint density at radius 1 is 1.00 bits per heavy atom. The van der Waals surface area contributed by atoms with Crippen molar-refractivity contribution in [3.8, 4) is 0 Å². The van der Waals surface area contributed by atoms with Gasteiger partial charge in [0.05, 0.1) is 0 Å². The van der Waals surface area contributed by atoms with Crippen LogP contribution in [0.25, 0.3) is 0 Å². The van der Waals surface area contributed by atoms with Gasteiger partial charge in [-0.05, 0) is 0 Å². The summed E-state index contributed by atoms with van der Waals surface area (Å²) in [6, 6.07) is 0. The molecule has 2 N–H and O–H groups in total. The van der Waals surface area contributed by atoms with E-state index in [9.17, 15) is 24.3 Å². The Labute approximate surface area is 107 Å². The third-order valence-corrected chi connectivity index (χ3v) is 0.589. The minimum atomic E-state index is -1.63. The fourth-order valence-corrected chi connectivity index (χ4v) is 0. The number of rotatable bonds is 2. The maximum atomic E-state index is 9.54. The van der Waals surface area contributed by atoms with Crippen molar-refractivity contribution in [1.29, 1.82) is 5.59 Å². The van der Waals surface area contributed by atoms with Crippen LogP contribution in [-0.4, -0.2) is 28.6 Å². The van der Waals surface area contributed by atoms with E-state index in [2.05, 4.69) is 5.59 Å². The van der Waals surface area contributed by atoms with Gasteiger partial charge in [-0.2, -0.15) is 4.91 Å². The fraction of sp³-hybridized carbons (Fsp3) is 0.333. The summed E-state index contributed by atoms with van der Waals surface area (Å²) in [4.78, 5) is 45.1. The molecule has 0 aliphatic carbocycles. The molecule has 0 atom stereocenters. The normalized spacial score (nSPS) is 6.27. The fourth-order valence-electron chi connectivity index (χ4n) is 0. The van der Waals surface area contributed by atoms with E-state index in [0.29, 0.717) is 0 Å². The molecule has 0 saturated heterocycles. The predicted octanol–water partition coefficient (Wildman–Crippen LogP) is -4.68. The summed E-state index contributed by atoms with van der Waals surface area (Å²) >= 11 is 0. The number of hydrogen-bond acceptors (Lipinski definition) is 7. The van der Waals surface area contributed by atoms with Crippen LogP contribution in [0.2, 0.25) is 0 Å². The molecule has 0 aromatic carbocycles. The molecule has 0 fully saturated rings. The van der Waals surface area contributed by atoms with Gasteiger partial charge in [0.25, 0.3) is 0 Å². The molecular weight excluding hydrogens is 221 g/mol. The first-order valence-electron chi connectivity index (χ1n) is 2.95. The Kier molecular flexibility index (Phi) is 24.1. The van der Waals surface area contributed by atoms with Crippen molar-refractivity contribution >= 4 is 23.5 Å². The van der Waals surface area contributed by atoms with Crippen LogP contribution in [-0.2, 0) is 19.2 Å². The third kappa shape index (κ3) is 32.2. The SMILES string of the molecule is CC(=O)C(=O)O.CC(=O)C(=O)[O-].N=O.[Na+]. The van der Waals surface area contributed by atoms with Crippen molar-refractivity contribution in [3.05, 3.63) is 4.91 Å². The molecule has 0 bridgehead atoms. The summed E-state index contributed by atoms with van der Waals surface area (Å²) in [7, 11) is 0. The second-order valence-corrected chi connectivity index (χ2v) is 1.70. The van der Waals surface area contributed by atoms with Gasteiger partial charge in [-0.3, -0.25) is 9.59 Å². The maximum absolute atomic E-state index is 9.54. The third-order valence-electron chi connectivity index (χ3n) is 0.589. The molecule has 15 heavy (non-hydrogen) atoms. The summed E-state index contributed by atoms with van der Waals surface area (Å²) in [6.07, 6.45) is 0. The predicted molar refractivity (Wildman–Crippen MR) is 40.1 cm³/mol. The average Bonchev–Trinajstić information content (AvgIpc) is 2.08. The zero-order chi connectivity index (χ0) is 12.3. The van der Waals surface area contributed by atoms with Gasteiger partial charge in [0.1, 0.15) is 5.97 Å². The summed E-state index contributed by atoms with van der Waals surface area (Å²) < 4.78 is 0. The van der Waals surface area contributed by atoms with Gasteiger partial charge in [-0.25, -0.2) is 4.79 Å². The molecule has 0 radical (unpaired) electrons. The number of nitroso groups, excluding NO2 is 1. The Morgan fingerprint density at radius 2 is 1.13 bits per heavy atom. The van der Waals surface area contributed by atoms with Gasteiger partial charge in [0.2, 0.25) is 5.78 Å². The van der Waals surface area contributed by atoms with Crippen LogP contribution >= 0.6 is 0 Å². The van der Waals surface area contributed by atoms with E-state index in [1.807, 2.05) is 0 Å². The second-order valence-electron chi connectivity index (χ2n) is 1.70. The minimum absolute atomic E-state index is 0. The molecule has 0 amide bonds. The van der Waals surface area contributed by atoms with Crippen LogP contribution < -0.4 is 34.7 Å². The standard InChI is InChI=1S/2C3H4O3.HNO.Na/c2*1-2(4)3(5)6;1-2;/h2*1H3,(H,5,6);1H;/q;;;+1/p-1. The molecular formula is C6H8NNaO7. The van der Waals surface area contributed by atoms with Crippen molar-refractivity contribution < 1.29 is 58.9 Å². The van der Waals surface area contributed by atoms with Crippen molar-refractivity contribution in [3.63, 3.8) is 0 Å². The first kappa shape index (κ1) is 23.6. The molecule has 0 spiro atoms. The van der Waals surface area contributed by atoms with Gasteiger partial charge in [-0.1, -0.05) is 5.59 Å². The summed E-state index contributed by atoms with van der Waals surface area (Å²) in [5.74, 6) is -4.77. The van der Waals surface area contributed by atoms with Gasteiger partial charge in [0.15, 0.2) is 5.78 Å². The summed E-state index contributed by atoms with van der Waals surface area (Å²) in [5, 5.41) is 16.9. The Balaban J connectivity index is -0.0000000653. The van der Waals surface area contributed by atoms with Crippen LogP contribution in [0.4, 0.5) is 0 Å². The molecule has 0 heterocycles. The number of aliphatic carboxylic acids is 2. The molecule has 80 valence electrons. The first-order chi connectivity index (χ1) is 6.29. The van der Waals surface area contributed by atoms with Crippen LogP contribution in [0.3, 0.4) is 0 Å². The molecule has 0 unspecified atom stereocenters. The van der Waals surface area contributed by atoms with Crippen LogP contribution in [0, 0.1) is 10.5 Å². The van der Waals surface area contributed by atoms with Gasteiger partial charge in [0, 0.05) is 13.8 Å². The molecule has 0 rings (SSSR count). The first-order valence-corrected chi connectivity index (χ1v) is 2.95. The number of carboxylic acids is 2. The van der Waals surface area contributed by atoms with Crippen molar-refractivity contribution in [1.82, 2.24) is 0 Å². The van der Waals surface area contributed by atoms with Crippen LogP contribution in [0.1, 0.15) is 13.8 Å². The number of ketones is 2. The Morgan fingerprint density at radius 3 is 1.13 bits per heavy atom. The largest absolute Gasteiger partial charge is 1.00 e. The van der Waals surface area contributed by atoms with Gasteiger partial charge < -0.3 is 15.0 Å². The molecule has 0 aromatic heterocycles. The molecule has 9 heteroatoms. The number of carbonyl (C=O) groups is 4. The minimum Gasteiger partial charge on any atom is -0.542 e. The van der Waals surface area contributed by atoms with Gasteiger partial charge in [-0.15, -0.1) is 0 Å². The number of carboxylic acid groups (broad SMARTS) is 2. The van der Waals surface area contributed by atoms with E-state index in [-0.39, 0.29) is 29.6 Å². The number of hydrogen-bond donors (Lipinski definition) is 2. The molecule has 0 aliphatic heterocycles. The van der Waals surface area contributed by atoms with Crippen LogP contribution in [0.5, 0.6) is 0 Å². The topological polar surface area (TPSA) is 152 Å². The molecule has 0 aromatic rings. The van der Waals surface area contributed by atoms with E-state index in [4.69, 9.17) is 10.0 Å². The van der Waals surface area contributed by atoms with E-state index < -0.39 is 23.5 Å². The zero-order valence-corrected chi connectivity index (χ0v) is 10.4. The number of carbonyl (C=O) groups excluding carboxylic acids is 3. The quantitative estimate of drug-likeness (QED) is 0.274. The van der Waals surface area contributed by atoms with E-state index in [1.165, 1.54) is 0 Å². The van der Waals surface area contributed by atoms with Crippen molar-refractivity contribution in [2.24, 2.45) is 0 Å². The molecule has 0 aliphatic rings. The van der Waals surface area contributed by atoms with Gasteiger partial charge >= 0.3 is 35.5 Å². The van der Waals surface area contributed by atoms with Crippen molar-refractivity contribution in [2.75, 3.05) is 0 Å². The Bertz CT molecular complexity index is 192. The van der Waals surface area contributed by atoms with E-state index >= 15 is 0 Å². The number of nitrogens with one attached hydrogen (secondary N) is 1. The number of Topliss-reactive ketones (excluding diaryl/α,β-unsaturated/α-hetero) is 2. The molecule has 0 saturated carbocycles. The summed E-state index contributed by atoms with van der Waals surface area (Å²) in [6.45, 7) is 1.94. The molecule has 8 nitrogen and oxygen atoms in total. The smallest absolute Gasteiger partial charge is 0.542 e. The summed E-state index contributed by atoms with van der Waals surface area (Å²) in [5.41, 5.74) is 4.50. The van der Waals surface area contributed by atoms with Crippen molar-refractivity contribution in [2.45, 2.75) is 13.8 Å².